The second-order valence-corrected chi connectivity index (χ2v) is 5.91. The highest BCUT2D eigenvalue weighted by Gasteiger charge is 2.39. The van der Waals surface area contributed by atoms with Gasteiger partial charge >= 0.3 is 0 Å². The van der Waals surface area contributed by atoms with Crippen LogP contribution in [-0.4, -0.2) is 9.82 Å². The predicted octanol–water partition coefficient (Wildman–Crippen LogP) is 4.70. The van der Waals surface area contributed by atoms with Crippen molar-refractivity contribution in [3.05, 3.63) is 93.3 Å². The summed E-state index contributed by atoms with van der Waals surface area (Å²) in [5.41, 5.74) is 3.37. The average molecular weight is 308 g/mol. The van der Waals surface area contributed by atoms with Gasteiger partial charge in [0.05, 0.1) is 29.1 Å². The molecule has 1 aliphatic heterocycles. The highest BCUT2D eigenvalue weighted by molar-refractivity contribution is 5.30. The fourth-order valence-electron chi connectivity index (χ4n) is 3.42. The number of rotatable bonds is 4. The Morgan fingerprint density at radius 3 is 2.22 bits per heavy atom. The molecule has 4 heteroatoms. The second-order valence-electron chi connectivity index (χ2n) is 5.91. The van der Waals surface area contributed by atoms with Gasteiger partial charge in [-0.15, -0.1) is 0 Å². The summed E-state index contributed by atoms with van der Waals surface area (Å²) in [6.45, 7) is 3.97. The van der Waals surface area contributed by atoms with Crippen molar-refractivity contribution < 1.29 is 4.92 Å². The Kier molecular flexibility index (Phi) is 4.15. The molecule has 0 saturated carbocycles. The Hall–Kier alpha value is -2.62. The Labute approximate surface area is 136 Å². The summed E-state index contributed by atoms with van der Waals surface area (Å²) in [5, 5.41) is 11.4. The van der Waals surface area contributed by atoms with Crippen molar-refractivity contribution >= 4 is 0 Å². The van der Waals surface area contributed by atoms with E-state index in [0.717, 1.165) is 16.8 Å². The molecule has 1 aliphatic rings. The molecule has 0 bridgehead atoms. The van der Waals surface area contributed by atoms with Crippen LogP contribution in [-0.2, 0) is 0 Å². The summed E-state index contributed by atoms with van der Waals surface area (Å²) in [6, 6.07) is 20.3. The lowest BCUT2D eigenvalue weighted by atomic mass is 10.0. The lowest BCUT2D eigenvalue weighted by Gasteiger charge is -2.34. The van der Waals surface area contributed by atoms with Crippen molar-refractivity contribution in [1.82, 2.24) is 4.90 Å². The van der Waals surface area contributed by atoms with E-state index in [-0.39, 0.29) is 17.0 Å². The van der Waals surface area contributed by atoms with Gasteiger partial charge < -0.3 is 4.90 Å². The molecule has 2 aromatic carbocycles. The van der Waals surface area contributed by atoms with Gasteiger partial charge in [-0.25, -0.2) is 0 Å². The normalized spacial score (nSPS) is 19.0. The zero-order chi connectivity index (χ0) is 16.4. The van der Waals surface area contributed by atoms with Gasteiger partial charge in [0.25, 0.3) is 5.70 Å². The van der Waals surface area contributed by atoms with E-state index >= 15 is 0 Å². The van der Waals surface area contributed by atoms with Gasteiger partial charge in [-0.3, -0.25) is 10.1 Å². The Bertz CT molecular complexity index is 726. The minimum Gasteiger partial charge on any atom is -0.355 e. The maximum absolute atomic E-state index is 11.4. The monoisotopic (exact) mass is 308 g/mol. The number of hydrogen-bond acceptors (Lipinski definition) is 3. The molecule has 1 unspecified atom stereocenters. The van der Waals surface area contributed by atoms with Crippen LogP contribution in [0.3, 0.4) is 0 Å². The van der Waals surface area contributed by atoms with Crippen LogP contribution < -0.4 is 0 Å². The van der Waals surface area contributed by atoms with E-state index in [1.807, 2.05) is 55.5 Å². The van der Waals surface area contributed by atoms with Gasteiger partial charge in [-0.05, 0) is 25.0 Å². The van der Waals surface area contributed by atoms with Crippen LogP contribution >= 0.6 is 0 Å². The first kappa shape index (κ1) is 15.3. The summed E-state index contributed by atoms with van der Waals surface area (Å²) in [5.74, 6) is 0. The SMILES string of the molecule is CC1=C([N+](=O)[O-])CC(c2ccccc2)N1[C@H](C)c1ccccc1. The molecule has 0 N–H and O–H groups in total. The van der Waals surface area contributed by atoms with E-state index in [1.165, 1.54) is 0 Å². The molecule has 0 radical (unpaired) electrons. The first-order valence-corrected chi connectivity index (χ1v) is 7.82. The number of allylic oxidation sites excluding steroid dienone is 1. The number of hydrogen-bond donors (Lipinski definition) is 0. The lowest BCUT2D eigenvalue weighted by Crippen LogP contribution is -2.26. The number of benzene rings is 2. The molecule has 0 fully saturated rings. The maximum Gasteiger partial charge on any atom is 0.267 e. The third-order valence-corrected chi connectivity index (χ3v) is 4.63. The summed E-state index contributed by atoms with van der Waals surface area (Å²) in [6.07, 6.45) is 0.444. The van der Waals surface area contributed by atoms with Crippen LogP contribution in [0.2, 0.25) is 0 Å². The molecular formula is C19H20N2O2. The van der Waals surface area contributed by atoms with Crippen molar-refractivity contribution in [1.29, 1.82) is 0 Å². The summed E-state index contributed by atoms with van der Waals surface area (Å²) >= 11 is 0. The average Bonchev–Trinajstić information content (AvgIpc) is 2.93. The Morgan fingerprint density at radius 2 is 1.65 bits per heavy atom. The van der Waals surface area contributed by atoms with Crippen LogP contribution in [0.4, 0.5) is 0 Å². The van der Waals surface area contributed by atoms with E-state index < -0.39 is 0 Å². The van der Waals surface area contributed by atoms with Crippen LogP contribution in [0.5, 0.6) is 0 Å². The van der Waals surface area contributed by atoms with Crippen molar-refractivity contribution in [2.45, 2.75) is 32.4 Å². The number of nitrogens with zero attached hydrogens (tertiary/aromatic N) is 2. The van der Waals surface area contributed by atoms with Crippen molar-refractivity contribution in [2.75, 3.05) is 0 Å². The Morgan fingerprint density at radius 1 is 1.09 bits per heavy atom. The minimum atomic E-state index is -0.233. The van der Waals surface area contributed by atoms with E-state index in [0.29, 0.717) is 12.1 Å². The molecule has 118 valence electrons. The van der Waals surface area contributed by atoms with Crippen LogP contribution in [0.15, 0.2) is 72.1 Å². The van der Waals surface area contributed by atoms with Crippen molar-refractivity contribution in [3.63, 3.8) is 0 Å². The third kappa shape index (κ3) is 2.84. The fraction of sp³-hybridized carbons (Fsp3) is 0.263. The first-order valence-electron chi connectivity index (χ1n) is 7.82. The lowest BCUT2D eigenvalue weighted by molar-refractivity contribution is -0.428. The standard InChI is InChI=1S/C19H20N2O2/c1-14(16-9-5-3-6-10-16)20-15(2)18(21(22)23)13-19(20)17-11-7-4-8-12-17/h3-12,14,19H,13H2,1-2H3/t14-,19?/m1/s1. The quantitative estimate of drug-likeness (QED) is 0.607. The molecule has 2 atom stereocenters. The second kappa shape index (κ2) is 6.24. The van der Waals surface area contributed by atoms with Crippen LogP contribution in [0, 0.1) is 10.1 Å². The van der Waals surface area contributed by atoms with Gasteiger partial charge in [-0.1, -0.05) is 60.7 Å². The predicted molar refractivity (Wildman–Crippen MR) is 90.2 cm³/mol. The van der Waals surface area contributed by atoms with Gasteiger partial charge in [0, 0.05) is 0 Å². The summed E-state index contributed by atoms with van der Waals surface area (Å²) in [7, 11) is 0. The molecule has 4 nitrogen and oxygen atoms in total. The molecule has 0 spiro atoms. The molecule has 1 heterocycles. The molecule has 0 aromatic heterocycles. The largest absolute Gasteiger partial charge is 0.355 e. The molecule has 0 amide bonds. The van der Waals surface area contributed by atoms with Crippen molar-refractivity contribution in [2.24, 2.45) is 0 Å². The zero-order valence-electron chi connectivity index (χ0n) is 13.3. The summed E-state index contributed by atoms with van der Waals surface area (Å²) in [4.78, 5) is 13.4. The van der Waals surface area contributed by atoms with E-state index in [2.05, 4.69) is 24.0 Å². The van der Waals surface area contributed by atoms with Crippen molar-refractivity contribution in [3.8, 4) is 0 Å². The smallest absolute Gasteiger partial charge is 0.267 e. The van der Waals surface area contributed by atoms with Gasteiger partial charge in [0.2, 0.25) is 0 Å². The highest BCUT2D eigenvalue weighted by atomic mass is 16.6. The van der Waals surface area contributed by atoms with Crippen LogP contribution in [0.25, 0.3) is 0 Å². The maximum atomic E-state index is 11.4. The molecule has 0 saturated heterocycles. The molecule has 23 heavy (non-hydrogen) atoms. The van der Waals surface area contributed by atoms with E-state index in [1.54, 1.807) is 0 Å². The van der Waals surface area contributed by atoms with Gasteiger partial charge in [-0.2, -0.15) is 0 Å². The molecular weight excluding hydrogens is 288 g/mol. The Balaban J connectivity index is 2.02. The first-order chi connectivity index (χ1) is 11.1. The van der Waals surface area contributed by atoms with E-state index in [4.69, 9.17) is 0 Å². The van der Waals surface area contributed by atoms with Crippen LogP contribution in [0.1, 0.15) is 43.5 Å². The molecule has 2 aromatic rings. The zero-order valence-corrected chi connectivity index (χ0v) is 13.3. The number of nitro groups is 1. The van der Waals surface area contributed by atoms with Gasteiger partial charge in [0.15, 0.2) is 0 Å². The van der Waals surface area contributed by atoms with E-state index in [9.17, 15) is 10.1 Å². The minimum absolute atomic E-state index is 0.00630. The fourth-order valence-corrected chi connectivity index (χ4v) is 3.42. The molecule has 0 aliphatic carbocycles. The summed E-state index contributed by atoms with van der Waals surface area (Å²) < 4.78 is 0. The topological polar surface area (TPSA) is 46.4 Å². The molecule has 3 rings (SSSR count). The van der Waals surface area contributed by atoms with Gasteiger partial charge in [0.1, 0.15) is 0 Å². The third-order valence-electron chi connectivity index (χ3n) is 4.63. The highest BCUT2D eigenvalue weighted by Crippen LogP contribution is 2.44.